The van der Waals surface area contributed by atoms with E-state index in [1.807, 2.05) is 12.1 Å². The second-order valence-electron chi connectivity index (χ2n) is 3.90. The summed E-state index contributed by atoms with van der Waals surface area (Å²) in [7, 11) is 2.12. The van der Waals surface area contributed by atoms with Gasteiger partial charge in [-0.05, 0) is 24.5 Å². The lowest BCUT2D eigenvalue weighted by molar-refractivity contribution is 0.638. The molecule has 0 aliphatic carbocycles. The average Bonchev–Trinajstić information content (AvgIpc) is 2.03. The van der Waals surface area contributed by atoms with Gasteiger partial charge in [-0.2, -0.15) is 0 Å². The molecule has 0 bridgehead atoms. The highest BCUT2D eigenvalue weighted by Crippen LogP contribution is 2.18. The van der Waals surface area contributed by atoms with Crippen molar-refractivity contribution in [3.05, 3.63) is 36.8 Å². The lowest BCUT2D eigenvalue weighted by atomic mass is 10.1. The van der Waals surface area contributed by atoms with Crippen molar-refractivity contribution in [1.29, 1.82) is 0 Å². The second-order valence-corrected chi connectivity index (χ2v) is 3.90. The van der Waals surface area contributed by atoms with Crippen LogP contribution in [0.2, 0.25) is 0 Å². The summed E-state index contributed by atoms with van der Waals surface area (Å²) in [4.78, 5) is 2.26. The molecule has 0 aromatic heterocycles. The van der Waals surface area contributed by atoms with Gasteiger partial charge in [0.1, 0.15) is 0 Å². The molecular formula is C12H18N. The van der Waals surface area contributed by atoms with Crippen LogP contribution in [0.15, 0.2) is 24.3 Å². The summed E-state index contributed by atoms with van der Waals surface area (Å²) < 4.78 is 0. The van der Waals surface area contributed by atoms with Crippen molar-refractivity contribution >= 4 is 5.69 Å². The van der Waals surface area contributed by atoms with Crippen molar-refractivity contribution in [2.75, 3.05) is 18.5 Å². The fraction of sp³-hybridized carbons (Fsp3) is 0.417. The molecule has 1 heteroatoms. The molecule has 0 saturated carbocycles. The Morgan fingerprint density at radius 3 is 2.46 bits per heavy atom. The lowest BCUT2D eigenvalue weighted by Gasteiger charge is -2.23. The van der Waals surface area contributed by atoms with Crippen LogP contribution in [0.5, 0.6) is 0 Å². The minimum Gasteiger partial charge on any atom is -0.374 e. The number of hydrogen-bond acceptors (Lipinski definition) is 1. The number of benzene rings is 1. The zero-order valence-electron chi connectivity index (χ0n) is 8.75. The van der Waals surface area contributed by atoms with E-state index in [9.17, 15) is 0 Å². The summed E-state index contributed by atoms with van der Waals surface area (Å²) >= 11 is 0. The topological polar surface area (TPSA) is 3.24 Å². The van der Waals surface area contributed by atoms with Crippen molar-refractivity contribution < 1.29 is 0 Å². The Hall–Kier alpha value is -0.980. The van der Waals surface area contributed by atoms with E-state index in [4.69, 9.17) is 0 Å². The van der Waals surface area contributed by atoms with Gasteiger partial charge in [-0.15, -0.1) is 0 Å². The largest absolute Gasteiger partial charge is 0.374 e. The predicted octanol–water partition coefficient (Wildman–Crippen LogP) is 2.96. The molecule has 0 N–H and O–H groups in total. The smallest absolute Gasteiger partial charge is 0.0396 e. The molecule has 0 heterocycles. The fourth-order valence-electron chi connectivity index (χ4n) is 1.53. The third-order valence-corrected chi connectivity index (χ3v) is 2.04. The Morgan fingerprint density at radius 1 is 1.31 bits per heavy atom. The maximum absolute atomic E-state index is 4.01. The average molecular weight is 176 g/mol. The normalized spacial score (nSPS) is 10.5. The monoisotopic (exact) mass is 176 g/mol. The van der Waals surface area contributed by atoms with E-state index in [0.717, 1.165) is 12.1 Å². The first-order valence-corrected chi connectivity index (χ1v) is 4.73. The highest BCUT2D eigenvalue weighted by molar-refractivity contribution is 5.54. The molecular weight excluding hydrogens is 158 g/mol. The maximum atomic E-state index is 4.01. The molecule has 0 amide bonds. The number of nitrogens with zero attached hydrogens (tertiary/aromatic N) is 1. The first-order valence-electron chi connectivity index (χ1n) is 4.73. The van der Waals surface area contributed by atoms with E-state index in [1.165, 1.54) is 5.69 Å². The van der Waals surface area contributed by atoms with Crippen molar-refractivity contribution in [2.45, 2.75) is 13.8 Å². The number of para-hydroxylation sites is 1. The minimum atomic E-state index is 0.685. The second kappa shape index (κ2) is 4.31. The van der Waals surface area contributed by atoms with Crippen LogP contribution >= 0.6 is 0 Å². The van der Waals surface area contributed by atoms with Gasteiger partial charge < -0.3 is 4.90 Å². The Labute approximate surface area is 81.4 Å². The van der Waals surface area contributed by atoms with Crippen molar-refractivity contribution in [1.82, 2.24) is 0 Å². The Balaban J connectivity index is 2.76. The van der Waals surface area contributed by atoms with Crippen molar-refractivity contribution in [3.8, 4) is 0 Å². The van der Waals surface area contributed by atoms with Gasteiger partial charge >= 0.3 is 0 Å². The van der Waals surface area contributed by atoms with Gasteiger partial charge in [0.2, 0.25) is 0 Å². The van der Waals surface area contributed by atoms with Crippen LogP contribution in [0.1, 0.15) is 19.4 Å². The Morgan fingerprint density at radius 2 is 1.92 bits per heavy atom. The number of rotatable bonds is 3. The van der Waals surface area contributed by atoms with E-state index in [2.05, 4.69) is 44.9 Å². The van der Waals surface area contributed by atoms with Gasteiger partial charge in [0.15, 0.2) is 0 Å². The van der Waals surface area contributed by atoms with Crippen LogP contribution in [0.3, 0.4) is 0 Å². The molecule has 0 saturated heterocycles. The quantitative estimate of drug-likeness (QED) is 0.684. The summed E-state index contributed by atoms with van der Waals surface area (Å²) in [5.74, 6) is 0.685. The molecule has 0 spiro atoms. The zero-order valence-corrected chi connectivity index (χ0v) is 8.75. The van der Waals surface area contributed by atoms with E-state index >= 15 is 0 Å². The third-order valence-electron chi connectivity index (χ3n) is 2.04. The van der Waals surface area contributed by atoms with Crippen LogP contribution in [-0.4, -0.2) is 13.6 Å². The molecule has 71 valence electrons. The predicted molar refractivity (Wildman–Crippen MR) is 59.0 cm³/mol. The van der Waals surface area contributed by atoms with E-state index in [0.29, 0.717) is 5.92 Å². The van der Waals surface area contributed by atoms with Gasteiger partial charge in [0.05, 0.1) is 0 Å². The molecule has 1 nitrogen and oxygen atoms in total. The number of hydrogen-bond donors (Lipinski definition) is 0. The van der Waals surface area contributed by atoms with Gasteiger partial charge in [-0.3, -0.25) is 0 Å². The molecule has 1 aromatic carbocycles. The SMILES string of the molecule is [CH2]c1ccccc1N(C)CC(C)C. The maximum Gasteiger partial charge on any atom is 0.0396 e. The number of anilines is 1. The molecule has 0 aliphatic heterocycles. The Kier molecular flexibility index (Phi) is 3.35. The van der Waals surface area contributed by atoms with Crippen LogP contribution in [0.25, 0.3) is 0 Å². The molecule has 0 aliphatic rings. The van der Waals surface area contributed by atoms with Crippen molar-refractivity contribution in [3.63, 3.8) is 0 Å². The minimum absolute atomic E-state index is 0.685. The molecule has 0 fully saturated rings. The van der Waals surface area contributed by atoms with E-state index in [-0.39, 0.29) is 0 Å². The molecule has 0 atom stereocenters. The van der Waals surface area contributed by atoms with Crippen LogP contribution < -0.4 is 4.90 Å². The van der Waals surface area contributed by atoms with E-state index in [1.54, 1.807) is 0 Å². The standard InChI is InChI=1S/C12H18N/c1-10(2)9-13(4)12-8-6-5-7-11(12)3/h5-8,10H,3,9H2,1-2,4H3. The highest BCUT2D eigenvalue weighted by atomic mass is 15.1. The van der Waals surface area contributed by atoms with Crippen LogP contribution in [0.4, 0.5) is 5.69 Å². The first kappa shape index (κ1) is 10.1. The van der Waals surface area contributed by atoms with E-state index < -0.39 is 0 Å². The molecule has 13 heavy (non-hydrogen) atoms. The molecule has 0 unspecified atom stereocenters. The molecule has 1 rings (SSSR count). The summed E-state index contributed by atoms with van der Waals surface area (Å²) in [6.45, 7) is 9.53. The lowest BCUT2D eigenvalue weighted by Crippen LogP contribution is -2.23. The van der Waals surface area contributed by atoms with Crippen LogP contribution in [0, 0.1) is 12.8 Å². The Bertz CT molecular complexity index is 266. The summed E-state index contributed by atoms with van der Waals surface area (Å²) in [5.41, 5.74) is 2.34. The fourth-order valence-corrected chi connectivity index (χ4v) is 1.53. The highest BCUT2D eigenvalue weighted by Gasteiger charge is 2.04. The van der Waals surface area contributed by atoms with Gasteiger partial charge in [0.25, 0.3) is 0 Å². The molecule has 1 radical (unpaired) electrons. The van der Waals surface area contributed by atoms with Gasteiger partial charge in [0, 0.05) is 19.3 Å². The van der Waals surface area contributed by atoms with Crippen molar-refractivity contribution in [2.24, 2.45) is 5.92 Å². The third kappa shape index (κ3) is 2.76. The summed E-state index contributed by atoms with van der Waals surface area (Å²) in [6.07, 6.45) is 0. The molecule has 1 aromatic rings. The summed E-state index contributed by atoms with van der Waals surface area (Å²) in [5, 5.41) is 0. The van der Waals surface area contributed by atoms with Crippen LogP contribution in [-0.2, 0) is 0 Å². The summed E-state index contributed by atoms with van der Waals surface area (Å²) in [6, 6.07) is 8.24. The van der Waals surface area contributed by atoms with Gasteiger partial charge in [-0.1, -0.05) is 32.0 Å². The first-order chi connectivity index (χ1) is 6.11. The van der Waals surface area contributed by atoms with Gasteiger partial charge in [-0.25, -0.2) is 0 Å². The zero-order chi connectivity index (χ0) is 9.84.